The number of carbonyl (C=O) groups excluding carboxylic acids is 2. The Bertz CT molecular complexity index is 745. The third-order valence-corrected chi connectivity index (χ3v) is 4.77. The highest BCUT2D eigenvalue weighted by atomic mass is 32.2. The molecule has 0 aliphatic carbocycles. The Morgan fingerprint density at radius 1 is 1.23 bits per heavy atom. The van der Waals surface area contributed by atoms with E-state index < -0.39 is 0 Å². The van der Waals surface area contributed by atoms with Crippen LogP contribution in [0.1, 0.15) is 17.8 Å². The standard InChI is InChI=1S/C17H23N5O3S/c1-22-15(8-7-14(18)23)20-21-17(22)26-11-16(24)19-10-9-12-3-5-13(25-2)6-4-12/h3-6H,7-11H2,1-2H3,(H2,18,23)(H,19,24). The van der Waals surface area contributed by atoms with Crippen LogP contribution in [0.15, 0.2) is 29.4 Å². The zero-order valence-corrected chi connectivity index (χ0v) is 15.7. The van der Waals surface area contributed by atoms with Gasteiger partial charge in [-0.3, -0.25) is 9.59 Å². The Kier molecular flexibility index (Phi) is 7.46. The molecule has 0 aliphatic heterocycles. The molecule has 0 saturated heterocycles. The van der Waals surface area contributed by atoms with E-state index in [0.29, 0.717) is 23.9 Å². The van der Waals surface area contributed by atoms with E-state index in [9.17, 15) is 9.59 Å². The zero-order chi connectivity index (χ0) is 18.9. The fourth-order valence-corrected chi connectivity index (χ4v) is 3.00. The molecule has 0 aliphatic rings. The number of carbonyl (C=O) groups is 2. The molecule has 3 N–H and O–H groups in total. The van der Waals surface area contributed by atoms with Crippen LogP contribution in [0.2, 0.25) is 0 Å². The summed E-state index contributed by atoms with van der Waals surface area (Å²) >= 11 is 1.31. The Morgan fingerprint density at radius 2 is 1.96 bits per heavy atom. The van der Waals surface area contributed by atoms with Crippen LogP contribution in [-0.2, 0) is 29.5 Å². The summed E-state index contributed by atoms with van der Waals surface area (Å²) in [5.41, 5.74) is 6.27. The van der Waals surface area contributed by atoms with Gasteiger partial charge in [0.15, 0.2) is 5.16 Å². The number of hydrogen-bond acceptors (Lipinski definition) is 6. The van der Waals surface area contributed by atoms with Crippen LogP contribution in [-0.4, -0.2) is 46.0 Å². The number of benzene rings is 1. The van der Waals surface area contributed by atoms with Crippen LogP contribution in [0.5, 0.6) is 5.75 Å². The van der Waals surface area contributed by atoms with Gasteiger partial charge in [0.05, 0.1) is 12.9 Å². The summed E-state index contributed by atoms with van der Waals surface area (Å²) in [5, 5.41) is 11.6. The summed E-state index contributed by atoms with van der Waals surface area (Å²) in [6.07, 6.45) is 1.41. The van der Waals surface area contributed by atoms with E-state index in [-0.39, 0.29) is 24.0 Å². The molecular formula is C17H23N5O3S. The highest BCUT2D eigenvalue weighted by Gasteiger charge is 2.12. The third-order valence-electron chi connectivity index (χ3n) is 3.75. The molecule has 0 bridgehead atoms. The molecule has 1 aromatic heterocycles. The van der Waals surface area contributed by atoms with E-state index in [1.165, 1.54) is 11.8 Å². The van der Waals surface area contributed by atoms with Gasteiger partial charge in [-0.2, -0.15) is 0 Å². The van der Waals surface area contributed by atoms with Crippen LogP contribution in [0.25, 0.3) is 0 Å². The van der Waals surface area contributed by atoms with Crippen molar-refractivity contribution >= 4 is 23.6 Å². The van der Waals surface area contributed by atoms with Crippen molar-refractivity contribution in [2.24, 2.45) is 12.8 Å². The van der Waals surface area contributed by atoms with Crippen molar-refractivity contribution in [1.82, 2.24) is 20.1 Å². The lowest BCUT2D eigenvalue weighted by atomic mass is 10.1. The van der Waals surface area contributed by atoms with Gasteiger partial charge in [-0.15, -0.1) is 10.2 Å². The molecule has 1 aromatic carbocycles. The minimum atomic E-state index is -0.376. The second-order valence-corrected chi connectivity index (χ2v) is 6.60. The van der Waals surface area contributed by atoms with Crippen LogP contribution in [0.4, 0.5) is 0 Å². The third kappa shape index (κ3) is 6.07. The first-order chi connectivity index (χ1) is 12.5. The maximum absolute atomic E-state index is 12.0. The molecule has 1 heterocycles. The number of nitrogens with zero attached hydrogens (tertiary/aromatic N) is 3. The lowest BCUT2D eigenvalue weighted by molar-refractivity contribution is -0.119. The number of thioether (sulfide) groups is 1. The smallest absolute Gasteiger partial charge is 0.230 e. The zero-order valence-electron chi connectivity index (χ0n) is 14.9. The van der Waals surface area contributed by atoms with Gasteiger partial charge in [-0.25, -0.2) is 0 Å². The predicted octanol–water partition coefficient (Wildman–Crippen LogP) is 0.693. The first kappa shape index (κ1) is 19.8. The number of hydrogen-bond donors (Lipinski definition) is 2. The Hall–Kier alpha value is -2.55. The minimum absolute atomic E-state index is 0.0646. The largest absolute Gasteiger partial charge is 0.497 e. The van der Waals surface area contributed by atoms with Gasteiger partial charge < -0.3 is 20.4 Å². The van der Waals surface area contributed by atoms with E-state index in [2.05, 4.69) is 15.5 Å². The van der Waals surface area contributed by atoms with Gasteiger partial charge in [0.2, 0.25) is 11.8 Å². The molecule has 2 amide bonds. The number of rotatable bonds is 10. The highest BCUT2D eigenvalue weighted by Crippen LogP contribution is 2.16. The number of nitrogens with one attached hydrogen (secondary N) is 1. The fraction of sp³-hybridized carbons (Fsp3) is 0.412. The molecule has 0 unspecified atom stereocenters. The number of ether oxygens (including phenoxy) is 1. The van der Waals surface area contributed by atoms with Crippen LogP contribution < -0.4 is 15.8 Å². The van der Waals surface area contributed by atoms with Crippen molar-refractivity contribution in [3.05, 3.63) is 35.7 Å². The molecule has 0 saturated carbocycles. The molecule has 9 heteroatoms. The summed E-state index contributed by atoms with van der Waals surface area (Å²) in [6, 6.07) is 7.76. The van der Waals surface area contributed by atoms with Crippen molar-refractivity contribution in [1.29, 1.82) is 0 Å². The number of methoxy groups -OCH3 is 1. The summed E-state index contributed by atoms with van der Waals surface area (Å²) in [4.78, 5) is 22.8. The van der Waals surface area contributed by atoms with Gasteiger partial charge in [0.1, 0.15) is 11.6 Å². The van der Waals surface area contributed by atoms with Crippen molar-refractivity contribution in [2.75, 3.05) is 19.4 Å². The molecule has 2 rings (SSSR count). The average molecular weight is 377 g/mol. The van der Waals surface area contributed by atoms with E-state index >= 15 is 0 Å². The van der Waals surface area contributed by atoms with Gasteiger partial charge in [0, 0.05) is 26.4 Å². The number of amides is 2. The normalized spacial score (nSPS) is 10.5. The van der Waals surface area contributed by atoms with Gasteiger partial charge in [-0.1, -0.05) is 23.9 Å². The number of aryl methyl sites for hydroxylation is 1. The lowest BCUT2D eigenvalue weighted by Gasteiger charge is -2.06. The minimum Gasteiger partial charge on any atom is -0.497 e. The quantitative estimate of drug-likeness (QED) is 0.589. The summed E-state index contributed by atoms with van der Waals surface area (Å²) < 4.78 is 6.89. The average Bonchev–Trinajstić information content (AvgIpc) is 2.98. The lowest BCUT2D eigenvalue weighted by Crippen LogP contribution is -2.27. The first-order valence-corrected chi connectivity index (χ1v) is 9.17. The van der Waals surface area contributed by atoms with Crippen LogP contribution in [0.3, 0.4) is 0 Å². The van der Waals surface area contributed by atoms with Crippen LogP contribution >= 0.6 is 11.8 Å². The SMILES string of the molecule is COc1ccc(CCNC(=O)CSc2nnc(CCC(N)=O)n2C)cc1. The van der Waals surface area contributed by atoms with E-state index in [1.807, 2.05) is 24.3 Å². The fourth-order valence-electron chi connectivity index (χ4n) is 2.24. The monoisotopic (exact) mass is 377 g/mol. The van der Waals surface area contributed by atoms with Crippen molar-refractivity contribution in [3.63, 3.8) is 0 Å². The second-order valence-electron chi connectivity index (χ2n) is 5.66. The molecule has 2 aromatic rings. The van der Waals surface area contributed by atoms with E-state index in [4.69, 9.17) is 10.5 Å². The molecule has 0 atom stereocenters. The van der Waals surface area contributed by atoms with Crippen molar-refractivity contribution in [2.45, 2.75) is 24.4 Å². The van der Waals surface area contributed by atoms with E-state index in [0.717, 1.165) is 17.7 Å². The molecule has 140 valence electrons. The maximum Gasteiger partial charge on any atom is 0.230 e. The predicted molar refractivity (Wildman–Crippen MR) is 99.0 cm³/mol. The van der Waals surface area contributed by atoms with Crippen molar-refractivity contribution in [3.8, 4) is 5.75 Å². The maximum atomic E-state index is 12.0. The molecule has 0 spiro atoms. The first-order valence-electron chi connectivity index (χ1n) is 8.18. The summed E-state index contributed by atoms with van der Waals surface area (Å²) in [7, 11) is 3.44. The molecule has 8 nitrogen and oxygen atoms in total. The number of nitrogens with two attached hydrogens (primary N) is 1. The number of primary amides is 1. The van der Waals surface area contributed by atoms with Crippen molar-refractivity contribution < 1.29 is 14.3 Å². The Morgan fingerprint density at radius 3 is 2.62 bits per heavy atom. The topological polar surface area (TPSA) is 112 Å². The molecule has 0 fully saturated rings. The Labute approximate surface area is 156 Å². The summed E-state index contributed by atoms with van der Waals surface area (Å²) in [6.45, 7) is 0.564. The van der Waals surface area contributed by atoms with Gasteiger partial charge in [-0.05, 0) is 24.1 Å². The number of aromatic nitrogens is 3. The highest BCUT2D eigenvalue weighted by molar-refractivity contribution is 7.99. The molecular weight excluding hydrogens is 354 g/mol. The van der Waals surface area contributed by atoms with Crippen LogP contribution in [0, 0.1) is 0 Å². The van der Waals surface area contributed by atoms with E-state index in [1.54, 1.807) is 18.7 Å². The molecule has 26 heavy (non-hydrogen) atoms. The summed E-state index contributed by atoms with van der Waals surface area (Å²) in [5.74, 6) is 1.30. The molecule has 0 radical (unpaired) electrons. The van der Waals surface area contributed by atoms with Gasteiger partial charge in [0.25, 0.3) is 0 Å². The Balaban J connectivity index is 1.72. The van der Waals surface area contributed by atoms with Gasteiger partial charge >= 0.3 is 0 Å². The second kappa shape index (κ2) is 9.81.